The second-order valence-electron chi connectivity index (χ2n) is 5.66. The predicted molar refractivity (Wildman–Crippen MR) is 90.7 cm³/mol. The van der Waals surface area contributed by atoms with Crippen molar-refractivity contribution in [2.45, 2.75) is 25.8 Å². The summed E-state index contributed by atoms with van der Waals surface area (Å²) in [7, 11) is 1.64. The zero-order valence-corrected chi connectivity index (χ0v) is 13.9. The average molecular weight is 327 g/mol. The van der Waals surface area contributed by atoms with Gasteiger partial charge in [0.2, 0.25) is 6.79 Å². The van der Waals surface area contributed by atoms with Gasteiger partial charge in [-0.25, -0.2) is 0 Å². The minimum atomic E-state index is -0.123. The van der Waals surface area contributed by atoms with Crippen LogP contribution in [-0.4, -0.2) is 19.8 Å². The van der Waals surface area contributed by atoms with Gasteiger partial charge in [-0.15, -0.1) is 0 Å². The van der Waals surface area contributed by atoms with Crippen LogP contribution >= 0.6 is 0 Å². The molecule has 1 aliphatic rings. The number of methoxy groups -OCH3 is 1. The van der Waals surface area contributed by atoms with E-state index >= 15 is 0 Å². The number of nitrogens with one attached hydrogen (secondary N) is 1. The molecule has 0 saturated carbocycles. The van der Waals surface area contributed by atoms with E-state index in [1.165, 1.54) is 0 Å². The first-order valence-electron chi connectivity index (χ1n) is 8.05. The molecule has 0 bridgehead atoms. The maximum absolute atomic E-state index is 12.6. The Morgan fingerprint density at radius 3 is 2.62 bits per heavy atom. The zero-order valence-electron chi connectivity index (χ0n) is 13.9. The van der Waals surface area contributed by atoms with Gasteiger partial charge in [0.05, 0.1) is 13.2 Å². The molecule has 126 valence electrons. The van der Waals surface area contributed by atoms with Crippen LogP contribution in [0.3, 0.4) is 0 Å². The average Bonchev–Trinajstić information content (AvgIpc) is 3.09. The lowest BCUT2D eigenvalue weighted by molar-refractivity contribution is 0.0934. The molecule has 5 nitrogen and oxygen atoms in total. The number of rotatable bonds is 6. The molecule has 0 spiro atoms. The summed E-state index contributed by atoms with van der Waals surface area (Å²) in [6, 6.07) is 13.0. The van der Waals surface area contributed by atoms with E-state index in [-0.39, 0.29) is 18.7 Å². The fourth-order valence-electron chi connectivity index (χ4n) is 2.73. The molecule has 1 aliphatic heterocycles. The van der Waals surface area contributed by atoms with Crippen LogP contribution in [0.4, 0.5) is 0 Å². The molecule has 2 aromatic rings. The molecule has 1 N–H and O–H groups in total. The quantitative estimate of drug-likeness (QED) is 0.879. The summed E-state index contributed by atoms with van der Waals surface area (Å²) < 4.78 is 15.8. The Bertz CT molecular complexity index is 712. The van der Waals surface area contributed by atoms with Crippen LogP contribution in [0.15, 0.2) is 42.5 Å². The minimum absolute atomic E-state index is 0.0428. The molecular formula is C19H21NO4. The van der Waals surface area contributed by atoms with Gasteiger partial charge < -0.3 is 19.5 Å². The third kappa shape index (κ3) is 3.45. The van der Waals surface area contributed by atoms with Crippen molar-refractivity contribution >= 4 is 5.91 Å². The highest BCUT2D eigenvalue weighted by molar-refractivity contribution is 5.95. The van der Waals surface area contributed by atoms with Gasteiger partial charge in [0, 0.05) is 5.56 Å². The van der Waals surface area contributed by atoms with Gasteiger partial charge in [-0.05, 0) is 42.3 Å². The van der Waals surface area contributed by atoms with Crippen molar-refractivity contribution in [3.8, 4) is 17.2 Å². The van der Waals surface area contributed by atoms with Gasteiger partial charge >= 0.3 is 0 Å². The van der Waals surface area contributed by atoms with E-state index in [1.807, 2.05) is 24.3 Å². The summed E-state index contributed by atoms with van der Waals surface area (Å²) >= 11 is 0. The predicted octanol–water partition coefficient (Wildman–Crippen LogP) is 3.70. The molecule has 1 heterocycles. The van der Waals surface area contributed by atoms with E-state index < -0.39 is 0 Å². The van der Waals surface area contributed by atoms with Gasteiger partial charge in [-0.2, -0.15) is 0 Å². The third-order valence-electron chi connectivity index (χ3n) is 4.04. The summed E-state index contributed by atoms with van der Waals surface area (Å²) in [6.45, 7) is 2.30. The highest BCUT2D eigenvalue weighted by Crippen LogP contribution is 2.32. The molecule has 0 radical (unpaired) electrons. The topological polar surface area (TPSA) is 56.8 Å². The van der Waals surface area contributed by atoms with Crippen LogP contribution in [0.25, 0.3) is 0 Å². The Balaban J connectivity index is 1.75. The van der Waals surface area contributed by atoms with Crippen molar-refractivity contribution < 1.29 is 19.0 Å². The Hall–Kier alpha value is -2.69. The van der Waals surface area contributed by atoms with Crippen molar-refractivity contribution in [1.29, 1.82) is 0 Å². The molecule has 0 fully saturated rings. The fourth-order valence-corrected chi connectivity index (χ4v) is 2.73. The lowest BCUT2D eigenvalue weighted by Gasteiger charge is -2.19. The lowest BCUT2D eigenvalue weighted by Crippen LogP contribution is -2.28. The molecular weight excluding hydrogens is 306 g/mol. The summed E-state index contributed by atoms with van der Waals surface area (Å²) in [5.74, 6) is 1.96. The number of benzene rings is 2. The van der Waals surface area contributed by atoms with E-state index in [4.69, 9.17) is 14.2 Å². The lowest BCUT2D eigenvalue weighted by atomic mass is 10.0. The second kappa shape index (κ2) is 7.25. The van der Waals surface area contributed by atoms with Crippen molar-refractivity contribution in [1.82, 2.24) is 5.32 Å². The van der Waals surface area contributed by atoms with Gasteiger partial charge in [0.1, 0.15) is 5.75 Å². The van der Waals surface area contributed by atoms with Crippen molar-refractivity contribution in [3.05, 3.63) is 53.6 Å². The van der Waals surface area contributed by atoms with Crippen molar-refractivity contribution in [3.63, 3.8) is 0 Å². The highest BCUT2D eigenvalue weighted by Gasteiger charge is 2.19. The largest absolute Gasteiger partial charge is 0.497 e. The Morgan fingerprint density at radius 2 is 1.92 bits per heavy atom. The minimum Gasteiger partial charge on any atom is -0.497 e. The molecule has 5 heteroatoms. The van der Waals surface area contributed by atoms with E-state index in [2.05, 4.69) is 12.2 Å². The maximum Gasteiger partial charge on any atom is 0.251 e. The molecule has 0 saturated heterocycles. The number of carbonyl (C=O) groups is 1. The molecule has 2 aromatic carbocycles. The first kappa shape index (κ1) is 16.2. The number of amides is 1. The van der Waals surface area contributed by atoms with E-state index in [1.54, 1.807) is 25.3 Å². The zero-order chi connectivity index (χ0) is 16.9. The molecule has 24 heavy (non-hydrogen) atoms. The third-order valence-corrected chi connectivity index (χ3v) is 4.04. The summed E-state index contributed by atoms with van der Waals surface area (Å²) in [4.78, 5) is 12.6. The van der Waals surface area contributed by atoms with Gasteiger partial charge in [-0.3, -0.25) is 4.79 Å². The van der Waals surface area contributed by atoms with Crippen molar-refractivity contribution in [2.24, 2.45) is 0 Å². The number of hydrogen-bond acceptors (Lipinski definition) is 4. The number of ether oxygens (including phenoxy) is 3. The number of fused-ring (bicyclic) bond motifs is 1. The van der Waals surface area contributed by atoms with Crippen LogP contribution in [-0.2, 0) is 0 Å². The first-order chi connectivity index (χ1) is 11.7. The molecule has 1 atom stereocenters. The van der Waals surface area contributed by atoms with Gasteiger partial charge in [0.15, 0.2) is 11.5 Å². The summed E-state index contributed by atoms with van der Waals surface area (Å²) in [5, 5.41) is 3.10. The summed E-state index contributed by atoms with van der Waals surface area (Å²) in [6.07, 6.45) is 1.83. The van der Waals surface area contributed by atoms with Crippen molar-refractivity contribution in [2.75, 3.05) is 13.9 Å². The van der Waals surface area contributed by atoms with Crippen LogP contribution < -0.4 is 19.5 Å². The number of hydrogen-bond donors (Lipinski definition) is 1. The summed E-state index contributed by atoms with van der Waals surface area (Å²) in [5.41, 5.74) is 1.63. The van der Waals surface area contributed by atoms with Gasteiger partial charge in [0.25, 0.3) is 5.91 Å². The normalized spacial score (nSPS) is 13.4. The monoisotopic (exact) mass is 327 g/mol. The van der Waals surface area contributed by atoms with E-state index in [0.29, 0.717) is 17.1 Å². The molecule has 1 amide bonds. The fraction of sp³-hybridized carbons (Fsp3) is 0.316. The SMILES string of the molecule is CCCC(NC(=O)c1ccc2c(c1)OCO2)c1ccc(OC)cc1. The Kier molecular flexibility index (Phi) is 4.89. The van der Waals surface area contributed by atoms with E-state index in [0.717, 1.165) is 24.2 Å². The van der Waals surface area contributed by atoms with E-state index in [9.17, 15) is 4.79 Å². The highest BCUT2D eigenvalue weighted by atomic mass is 16.7. The smallest absolute Gasteiger partial charge is 0.251 e. The molecule has 0 aliphatic carbocycles. The standard InChI is InChI=1S/C19H21NO4/c1-3-4-16(13-5-8-15(22-2)9-6-13)20-19(21)14-7-10-17-18(11-14)24-12-23-17/h5-11,16H,3-4,12H2,1-2H3,(H,20,21). The number of carbonyl (C=O) groups excluding carboxylic acids is 1. The molecule has 3 rings (SSSR count). The van der Waals surface area contributed by atoms with Crippen LogP contribution in [0.1, 0.15) is 41.7 Å². The Morgan fingerprint density at radius 1 is 1.17 bits per heavy atom. The second-order valence-corrected chi connectivity index (χ2v) is 5.66. The maximum atomic E-state index is 12.6. The Labute approximate surface area is 141 Å². The van der Waals surface area contributed by atoms with Crippen LogP contribution in [0, 0.1) is 0 Å². The first-order valence-corrected chi connectivity index (χ1v) is 8.05. The van der Waals surface area contributed by atoms with Crippen LogP contribution in [0.2, 0.25) is 0 Å². The van der Waals surface area contributed by atoms with Crippen LogP contribution in [0.5, 0.6) is 17.2 Å². The molecule has 0 aromatic heterocycles. The molecule has 1 unspecified atom stereocenters. The van der Waals surface area contributed by atoms with Gasteiger partial charge in [-0.1, -0.05) is 25.5 Å².